The van der Waals surface area contributed by atoms with Crippen molar-refractivity contribution in [3.8, 4) is 5.69 Å². The molecule has 2 aromatic heterocycles. The summed E-state index contributed by atoms with van der Waals surface area (Å²) in [5.74, 6) is -0.229. The molecule has 1 aliphatic rings. The normalized spacial score (nSPS) is 18.9. The number of hydrogen-bond donors (Lipinski definition) is 1. The molecular weight excluding hydrogens is 383 g/mol. The maximum Gasteiger partial charge on any atom is 0.170 e. The highest BCUT2D eigenvalue weighted by molar-refractivity contribution is 7.80. The van der Waals surface area contributed by atoms with Gasteiger partial charge in [-0.25, -0.2) is 4.39 Å². The Bertz CT molecular complexity index is 1030. The van der Waals surface area contributed by atoms with Crippen LogP contribution >= 0.6 is 12.2 Å². The molecule has 4 rings (SSSR count). The molecule has 1 N–H and O–H groups in total. The second-order valence-electron chi connectivity index (χ2n) is 7.43. The SMILES string of the molecule is CCCN1C(=S)N[C@@H](c2ccccn2)[C@H]1c1cc(C)n(-c2ccccc2F)c1C. The molecule has 29 heavy (non-hydrogen) atoms. The second kappa shape index (κ2) is 7.95. The molecule has 0 saturated carbocycles. The molecule has 4 nitrogen and oxygen atoms in total. The fourth-order valence-electron chi connectivity index (χ4n) is 4.32. The van der Waals surface area contributed by atoms with Crippen LogP contribution in [0.25, 0.3) is 5.69 Å². The third-order valence-corrected chi connectivity index (χ3v) is 5.90. The topological polar surface area (TPSA) is 33.1 Å². The minimum Gasteiger partial charge on any atom is -0.352 e. The zero-order chi connectivity index (χ0) is 20.5. The number of pyridine rings is 1. The van der Waals surface area contributed by atoms with Gasteiger partial charge < -0.3 is 14.8 Å². The van der Waals surface area contributed by atoms with Crippen LogP contribution in [0.2, 0.25) is 0 Å². The number of hydrogen-bond acceptors (Lipinski definition) is 2. The second-order valence-corrected chi connectivity index (χ2v) is 7.82. The molecule has 0 spiro atoms. The van der Waals surface area contributed by atoms with Gasteiger partial charge >= 0.3 is 0 Å². The number of nitrogens with one attached hydrogen (secondary N) is 1. The van der Waals surface area contributed by atoms with Crippen molar-refractivity contribution in [2.24, 2.45) is 0 Å². The fourth-order valence-corrected chi connectivity index (χ4v) is 4.65. The van der Waals surface area contributed by atoms with Crippen molar-refractivity contribution in [2.45, 2.75) is 39.3 Å². The van der Waals surface area contributed by atoms with Crippen LogP contribution in [0, 0.1) is 19.7 Å². The quantitative estimate of drug-likeness (QED) is 0.602. The Morgan fingerprint density at radius 1 is 1.14 bits per heavy atom. The van der Waals surface area contributed by atoms with Gasteiger partial charge in [0.2, 0.25) is 0 Å². The van der Waals surface area contributed by atoms with Crippen molar-refractivity contribution in [1.29, 1.82) is 0 Å². The first kappa shape index (κ1) is 19.6. The number of para-hydroxylation sites is 1. The van der Waals surface area contributed by atoms with Crippen molar-refractivity contribution in [2.75, 3.05) is 6.54 Å². The highest BCUT2D eigenvalue weighted by Crippen LogP contribution is 2.41. The summed E-state index contributed by atoms with van der Waals surface area (Å²) in [5, 5.41) is 4.21. The van der Waals surface area contributed by atoms with E-state index in [9.17, 15) is 4.39 Å². The van der Waals surface area contributed by atoms with Crippen LogP contribution in [-0.4, -0.2) is 26.1 Å². The van der Waals surface area contributed by atoms with Crippen molar-refractivity contribution >= 4 is 17.3 Å². The number of benzene rings is 1. The third kappa shape index (κ3) is 3.42. The van der Waals surface area contributed by atoms with Crippen LogP contribution < -0.4 is 5.32 Å². The number of halogens is 1. The van der Waals surface area contributed by atoms with Crippen LogP contribution in [0.3, 0.4) is 0 Å². The maximum atomic E-state index is 14.5. The van der Waals surface area contributed by atoms with Gasteiger partial charge in [0.1, 0.15) is 5.82 Å². The predicted molar refractivity (Wildman–Crippen MR) is 118 cm³/mol. The van der Waals surface area contributed by atoms with Crippen molar-refractivity contribution in [3.05, 3.63) is 83.2 Å². The van der Waals surface area contributed by atoms with E-state index >= 15 is 0 Å². The van der Waals surface area contributed by atoms with Crippen LogP contribution in [0.1, 0.15) is 48.1 Å². The molecule has 3 aromatic rings. The van der Waals surface area contributed by atoms with E-state index in [-0.39, 0.29) is 17.9 Å². The molecule has 1 aliphatic heterocycles. The average Bonchev–Trinajstić information content (AvgIpc) is 3.19. The molecule has 1 aromatic carbocycles. The first-order valence-corrected chi connectivity index (χ1v) is 10.4. The molecule has 0 bridgehead atoms. The largest absolute Gasteiger partial charge is 0.352 e. The molecule has 6 heteroatoms. The maximum absolute atomic E-state index is 14.5. The summed E-state index contributed by atoms with van der Waals surface area (Å²) < 4.78 is 16.5. The van der Waals surface area contributed by atoms with E-state index in [2.05, 4.69) is 35.1 Å². The smallest absolute Gasteiger partial charge is 0.170 e. The molecule has 150 valence electrons. The first-order valence-electron chi connectivity index (χ1n) is 9.94. The Balaban J connectivity index is 1.85. The van der Waals surface area contributed by atoms with E-state index in [4.69, 9.17) is 12.2 Å². The number of thiocarbonyl (C=S) groups is 1. The average molecular weight is 409 g/mol. The number of aryl methyl sites for hydroxylation is 1. The Hall–Kier alpha value is -2.73. The lowest BCUT2D eigenvalue weighted by Gasteiger charge is -2.27. The molecule has 0 amide bonds. The van der Waals surface area contributed by atoms with Gasteiger partial charge in [-0.05, 0) is 68.4 Å². The summed E-state index contributed by atoms with van der Waals surface area (Å²) in [4.78, 5) is 6.82. The van der Waals surface area contributed by atoms with Crippen molar-refractivity contribution < 1.29 is 4.39 Å². The lowest BCUT2D eigenvalue weighted by molar-refractivity contribution is 0.316. The zero-order valence-electron chi connectivity index (χ0n) is 16.9. The lowest BCUT2D eigenvalue weighted by atomic mass is 9.96. The first-order chi connectivity index (χ1) is 14.0. The van der Waals surface area contributed by atoms with Crippen LogP contribution in [-0.2, 0) is 0 Å². The Morgan fingerprint density at radius 2 is 1.90 bits per heavy atom. The Labute approximate surface area is 176 Å². The van der Waals surface area contributed by atoms with E-state index in [1.807, 2.05) is 48.0 Å². The van der Waals surface area contributed by atoms with Gasteiger partial charge in [-0.2, -0.15) is 0 Å². The summed E-state index contributed by atoms with van der Waals surface area (Å²) in [6.07, 6.45) is 2.79. The van der Waals surface area contributed by atoms with Crippen molar-refractivity contribution in [3.63, 3.8) is 0 Å². The predicted octanol–water partition coefficient (Wildman–Crippen LogP) is 5.01. The van der Waals surface area contributed by atoms with E-state index < -0.39 is 0 Å². The molecule has 1 saturated heterocycles. The Kier molecular flexibility index (Phi) is 5.37. The highest BCUT2D eigenvalue weighted by Gasteiger charge is 2.41. The number of aromatic nitrogens is 2. The summed E-state index contributed by atoms with van der Waals surface area (Å²) in [6.45, 7) is 7.07. The van der Waals surface area contributed by atoms with Gasteiger partial charge in [0.15, 0.2) is 5.11 Å². The molecular formula is C23H25FN4S. The molecule has 0 aliphatic carbocycles. The summed E-state index contributed by atoms with van der Waals surface area (Å²) in [7, 11) is 0. The molecule has 0 radical (unpaired) electrons. The van der Waals surface area contributed by atoms with Gasteiger partial charge in [-0.1, -0.05) is 25.1 Å². The lowest BCUT2D eigenvalue weighted by Crippen LogP contribution is -2.30. The van der Waals surface area contributed by atoms with E-state index in [0.717, 1.165) is 40.7 Å². The van der Waals surface area contributed by atoms with Crippen molar-refractivity contribution in [1.82, 2.24) is 19.8 Å². The van der Waals surface area contributed by atoms with E-state index in [1.54, 1.807) is 6.07 Å². The van der Waals surface area contributed by atoms with Crippen LogP contribution in [0.4, 0.5) is 4.39 Å². The summed E-state index contributed by atoms with van der Waals surface area (Å²) in [5.41, 5.74) is 4.68. The van der Waals surface area contributed by atoms with Gasteiger partial charge in [0.05, 0.1) is 23.5 Å². The van der Waals surface area contributed by atoms with Gasteiger partial charge in [-0.15, -0.1) is 0 Å². The van der Waals surface area contributed by atoms with E-state index in [1.165, 1.54) is 6.07 Å². The number of nitrogens with zero attached hydrogens (tertiary/aromatic N) is 3. The molecule has 2 atom stereocenters. The monoisotopic (exact) mass is 408 g/mol. The Morgan fingerprint density at radius 3 is 2.59 bits per heavy atom. The summed E-state index contributed by atoms with van der Waals surface area (Å²) in [6, 6.07) is 14.9. The molecule has 3 heterocycles. The number of rotatable bonds is 5. The van der Waals surface area contributed by atoms with Gasteiger partial charge in [0, 0.05) is 24.1 Å². The van der Waals surface area contributed by atoms with E-state index in [0.29, 0.717) is 5.69 Å². The molecule has 1 fully saturated rings. The highest BCUT2D eigenvalue weighted by atomic mass is 32.1. The van der Waals surface area contributed by atoms with Crippen LogP contribution in [0.5, 0.6) is 0 Å². The minimum atomic E-state index is -0.229. The molecule has 0 unspecified atom stereocenters. The van der Waals surface area contributed by atoms with Gasteiger partial charge in [-0.3, -0.25) is 4.98 Å². The van der Waals surface area contributed by atoms with Gasteiger partial charge in [0.25, 0.3) is 0 Å². The zero-order valence-corrected chi connectivity index (χ0v) is 17.7. The third-order valence-electron chi connectivity index (χ3n) is 5.54. The summed E-state index contributed by atoms with van der Waals surface area (Å²) >= 11 is 5.68. The fraction of sp³-hybridized carbons (Fsp3) is 0.304. The minimum absolute atomic E-state index is 0.00377. The standard InChI is InChI=1S/C23H25FN4S/c1-4-13-27-22(21(26-23(27)29)19-10-7-8-12-25-19)17-14-15(2)28(16(17)3)20-11-6-5-9-18(20)24/h5-12,14,21-22H,4,13H2,1-3H3,(H,26,29)/t21-,22+/m0/s1. The van der Waals surface area contributed by atoms with Crippen LogP contribution in [0.15, 0.2) is 54.7 Å².